The van der Waals surface area contributed by atoms with E-state index in [1.54, 1.807) is 0 Å². The normalized spacial score (nSPS) is 13.2. The summed E-state index contributed by atoms with van der Waals surface area (Å²) in [6, 6.07) is 0. The summed E-state index contributed by atoms with van der Waals surface area (Å²) >= 11 is 0. The first kappa shape index (κ1) is 14.7. The van der Waals surface area contributed by atoms with E-state index in [-0.39, 0.29) is 18.6 Å². The van der Waals surface area contributed by atoms with E-state index >= 15 is 0 Å². The maximum absolute atomic E-state index is 11.7. The summed E-state index contributed by atoms with van der Waals surface area (Å²) in [4.78, 5) is 0. The van der Waals surface area contributed by atoms with Gasteiger partial charge in [0.1, 0.15) is 6.61 Å². The van der Waals surface area contributed by atoms with Crippen molar-refractivity contribution < 1.29 is 23.0 Å². The Bertz CT molecular complexity index is 156. The Balaban J connectivity index is 3.82. The van der Waals surface area contributed by atoms with Crippen LogP contribution in [-0.4, -0.2) is 31.1 Å². The molecule has 0 radical (unpaired) electrons. The highest BCUT2D eigenvalue weighted by atomic mass is 19.4. The molecule has 0 fully saturated rings. The van der Waals surface area contributed by atoms with Gasteiger partial charge < -0.3 is 9.84 Å². The molecule has 0 aliphatic rings. The third kappa shape index (κ3) is 5.99. The fourth-order valence-corrected chi connectivity index (χ4v) is 1.38. The average molecular weight is 228 g/mol. The SMILES string of the molecule is CCC(CC)(CO)CCOCC(F)(F)F. The Morgan fingerprint density at radius 1 is 1.13 bits per heavy atom. The minimum atomic E-state index is -4.26. The molecule has 0 aromatic rings. The molecule has 92 valence electrons. The Morgan fingerprint density at radius 3 is 2.00 bits per heavy atom. The summed E-state index contributed by atoms with van der Waals surface area (Å²) in [5, 5.41) is 9.16. The predicted octanol–water partition coefficient (Wildman–Crippen LogP) is 2.75. The van der Waals surface area contributed by atoms with Gasteiger partial charge >= 0.3 is 6.18 Å². The van der Waals surface area contributed by atoms with Crippen LogP contribution in [0.15, 0.2) is 0 Å². The smallest absolute Gasteiger partial charge is 0.396 e. The zero-order valence-corrected chi connectivity index (χ0v) is 9.23. The molecule has 0 aromatic heterocycles. The van der Waals surface area contributed by atoms with Gasteiger partial charge in [-0.1, -0.05) is 13.8 Å². The molecule has 0 unspecified atom stereocenters. The van der Waals surface area contributed by atoms with Crippen LogP contribution in [0.25, 0.3) is 0 Å². The van der Waals surface area contributed by atoms with E-state index in [2.05, 4.69) is 4.74 Å². The van der Waals surface area contributed by atoms with E-state index in [1.165, 1.54) is 0 Å². The van der Waals surface area contributed by atoms with Gasteiger partial charge in [0.05, 0.1) is 0 Å². The maximum atomic E-state index is 11.7. The molecule has 0 spiro atoms. The Hall–Kier alpha value is -0.290. The van der Waals surface area contributed by atoms with E-state index in [1.807, 2.05) is 13.8 Å². The van der Waals surface area contributed by atoms with Gasteiger partial charge in [0.2, 0.25) is 0 Å². The lowest BCUT2D eigenvalue weighted by Crippen LogP contribution is -2.27. The summed E-state index contributed by atoms with van der Waals surface area (Å²) in [5.41, 5.74) is -0.286. The number of aliphatic hydroxyl groups excluding tert-OH is 1. The summed E-state index contributed by atoms with van der Waals surface area (Å²) in [7, 11) is 0. The summed E-state index contributed by atoms with van der Waals surface area (Å²) in [5.74, 6) is 0. The molecule has 0 aliphatic heterocycles. The molecule has 15 heavy (non-hydrogen) atoms. The lowest BCUT2D eigenvalue weighted by molar-refractivity contribution is -0.175. The minimum Gasteiger partial charge on any atom is -0.396 e. The summed E-state index contributed by atoms with van der Waals surface area (Å²) in [6.07, 6.45) is -2.31. The van der Waals surface area contributed by atoms with Gasteiger partial charge in [0.25, 0.3) is 0 Å². The van der Waals surface area contributed by atoms with Crippen molar-refractivity contribution in [2.45, 2.75) is 39.3 Å². The van der Waals surface area contributed by atoms with Crippen molar-refractivity contribution in [1.29, 1.82) is 0 Å². The van der Waals surface area contributed by atoms with E-state index in [0.29, 0.717) is 6.42 Å². The number of ether oxygens (including phenoxy) is 1. The minimum absolute atomic E-state index is 0.00459. The van der Waals surface area contributed by atoms with E-state index in [4.69, 9.17) is 5.11 Å². The van der Waals surface area contributed by atoms with Gasteiger partial charge in [0.15, 0.2) is 0 Å². The largest absolute Gasteiger partial charge is 0.411 e. The third-order valence-corrected chi connectivity index (χ3v) is 2.88. The monoisotopic (exact) mass is 228 g/mol. The van der Waals surface area contributed by atoms with Gasteiger partial charge in [-0.15, -0.1) is 0 Å². The molecule has 0 bridgehead atoms. The van der Waals surface area contributed by atoms with Crippen LogP contribution in [-0.2, 0) is 4.74 Å². The standard InChI is InChI=1S/C10H19F3O2/c1-3-9(4-2,7-14)5-6-15-8-10(11,12)13/h14H,3-8H2,1-2H3. The molecular formula is C10H19F3O2. The Morgan fingerprint density at radius 2 is 1.67 bits per heavy atom. The van der Waals surface area contributed by atoms with Crippen LogP contribution in [0.1, 0.15) is 33.1 Å². The number of rotatable bonds is 7. The molecule has 0 saturated heterocycles. The van der Waals surface area contributed by atoms with Gasteiger partial charge in [-0.25, -0.2) is 0 Å². The van der Waals surface area contributed by atoms with E-state index in [0.717, 1.165) is 12.8 Å². The van der Waals surface area contributed by atoms with Crippen molar-refractivity contribution in [3.05, 3.63) is 0 Å². The predicted molar refractivity (Wildman–Crippen MR) is 51.6 cm³/mol. The molecule has 5 heteroatoms. The molecular weight excluding hydrogens is 209 g/mol. The van der Waals surface area contributed by atoms with Crippen molar-refractivity contribution in [2.75, 3.05) is 19.8 Å². The average Bonchev–Trinajstić information content (AvgIpc) is 2.18. The van der Waals surface area contributed by atoms with Crippen molar-refractivity contribution in [1.82, 2.24) is 0 Å². The summed E-state index contributed by atoms with van der Waals surface area (Å²) < 4.78 is 39.8. The molecule has 0 saturated carbocycles. The van der Waals surface area contributed by atoms with Crippen LogP contribution in [0.2, 0.25) is 0 Å². The summed E-state index contributed by atoms with van der Waals surface area (Å²) in [6.45, 7) is 2.67. The van der Waals surface area contributed by atoms with Crippen LogP contribution in [0.5, 0.6) is 0 Å². The van der Waals surface area contributed by atoms with E-state index in [9.17, 15) is 13.2 Å². The Labute approximate surface area is 88.4 Å². The molecule has 2 nitrogen and oxygen atoms in total. The van der Waals surface area contributed by atoms with Crippen molar-refractivity contribution in [2.24, 2.45) is 5.41 Å². The molecule has 1 N–H and O–H groups in total. The number of aliphatic hydroxyl groups is 1. The molecule has 0 aromatic carbocycles. The molecule has 0 aliphatic carbocycles. The first-order valence-electron chi connectivity index (χ1n) is 5.14. The van der Waals surface area contributed by atoms with Crippen molar-refractivity contribution in [3.63, 3.8) is 0 Å². The fraction of sp³-hybridized carbons (Fsp3) is 1.00. The van der Waals surface area contributed by atoms with Gasteiger partial charge in [-0.3, -0.25) is 0 Å². The van der Waals surface area contributed by atoms with Crippen molar-refractivity contribution in [3.8, 4) is 0 Å². The maximum Gasteiger partial charge on any atom is 0.411 e. The van der Waals surface area contributed by atoms with Crippen LogP contribution < -0.4 is 0 Å². The zero-order chi connectivity index (χ0) is 11.9. The lowest BCUT2D eigenvalue weighted by Gasteiger charge is -2.29. The number of hydrogen-bond donors (Lipinski definition) is 1. The second-order valence-electron chi connectivity index (χ2n) is 3.78. The first-order chi connectivity index (χ1) is 6.89. The topological polar surface area (TPSA) is 29.5 Å². The highest BCUT2D eigenvalue weighted by Gasteiger charge is 2.29. The zero-order valence-electron chi connectivity index (χ0n) is 9.23. The second-order valence-corrected chi connectivity index (χ2v) is 3.78. The lowest BCUT2D eigenvalue weighted by atomic mass is 9.80. The Kier molecular flexibility index (Phi) is 6.20. The van der Waals surface area contributed by atoms with Gasteiger partial charge in [-0.2, -0.15) is 13.2 Å². The molecule has 0 heterocycles. The quantitative estimate of drug-likeness (QED) is 0.679. The fourth-order valence-electron chi connectivity index (χ4n) is 1.38. The van der Waals surface area contributed by atoms with E-state index < -0.39 is 12.8 Å². The molecule has 0 amide bonds. The van der Waals surface area contributed by atoms with Crippen LogP contribution in [0, 0.1) is 5.41 Å². The van der Waals surface area contributed by atoms with Crippen LogP contribution in [0.4, 0.5) is 13.2 Å². The number of halogens is 3. The second kappa shape index (κ2) is 6.33. The number of hydrogen-bond acceptors (Lipinski definition) is 2. The van der Waals surface area contributed by atoms with Crippen LogP contribution >= 0.6 is 0 Å². The van der Waals surface area contributed by atoms with Crippen molar-refractivity contribution >= 4 is 0 Å². The highest BCUT2D eigenvalue weighted by molar-refractivity contribution is 4.75. The number of alkyl halides is 3. The highest BCUT2D eigenvalue weighted by Crippen LogP contribution is 2.29. The first-order valence-corrected chi connectivity index (χ1v) is 5.14. The van der Waals surface area contributed by atoms with Crippen LogP contribution in [0.3, 0.4) is 0 Å². The molecule has 0 atom stereocenters. The third-order valence-electron chi connectivity index (χ3n) is 2.88. The molecule has 0 rings (SSSR count). The van der Waals surface area contributed by atoms with Gasteiger partial charge in [0, 0.05) is 13.2 Å². The van der Waals surface area contributed by atoms with Gasteiger partial charge in [-0.05, 0) is 24.7 Å².